The first kappa shape index (κ1) is 12.4. The average Bonchev–Trinajstić information content (AvgIpc) is 2.27. The highest BCUT2D eigenvalue weighted by Crippen LogP contribution is 2.16. The van der Waals surface area contributed by atoms with Crippen LogP contribution in [0.3, 0.4) is 0 Å². The van der Waals surface area contributed by atoms with Crippen LogP contribution in [-0.2, 0) is 6.54 Å². The lowest BCUT2D eigenvalue weighted by Gasteiger charge is -2.24. The predicted octanol–water partition coefficient (Wildman–Crippen LogP) is 3.34. The smallest absolute Gasteiger partial charge is 0.0343 e. The summed E-state index contributed by atoms with van der Waals surface area (Å²) in [7, 11) is 0. The topological polar surface area (TPSA) is 29.3 Å². The first-order valence-corrected chi connectivity index (χ1v) is 6.83. The number of benzene rings is 1. The van der Waals surface area contributed by atoms with Crippen LogP contribution in [0.25, 0.3) is 0 Å². The Bertz CT molecular complexity index is 352. The van der Waals surface area contributed by atoms with Crippen molar-refractivity contribution in [3.8, 4) is 0 Å². The lowest BCUT2D eigenvalue weighted by Crippen LogP contribution is -2.26. The molecule has 0 spiro atoms. The Morgan fingerprint density at radius 1 is 1.06 bits per heavy atom. The van der Waals surface area contributed by atoms with Gasteiger partial charge in [-0.25, -0.2) is 0 Å². The molecule has 94 valence electrons. The highest BCUT2D eigenvalue weighted by molar-refractivity contribution is 5.47. The SMILES string of the molecule is Cc1cc(CN2CCCCCCC2)ccc1N. The Morgan fingerprint density at radius 2 is 1.71 bits per heavy atom. The van der Waals surface area contributed by atoms with E-state index in [1.165, 1.54) is 56.3 Å². The summed E-state index contributed by atoms with van der Waals surface area (Å²) < 4.78 is 0. The van der Waals surface area contributed by atoms with E-state index in [4.69, 9.17) is 5.73 Å². The fourth-order valence-electron chi connectivity index (χ4n) is 2.57. The minimum atomic E-state index is 0.904. The van der Waals surface area contributed by atoms with Crippen molar-refractivity contribution in [2.45, 2.75) is 45.6 Å². The fraction of sp³-hybridized carbons (Fsp3) is 0.600. The molecule has 0 bridgehead atoms. The minimum absolute atomic E-state index is 0.904. The summed E-state index contributed by atoms with van der Waals surface area (Å²) in [6.45, 7) is 5.68. The van der Waals surface area contributed by atoms with Gasteiger partial charge in [0.25, 0.3) is 0 Å². The number of nitrogens with zero attached hydrogens (tertiary/aromatic N) is 1. The molecular weight excluding hydrogens is 208 g/mol. The molecule has 2 N–H and O–H groups in total. The summed E-state index contributed by atoms with van der Waals surface area (Å²) in [4.78, 5) is 2.59. The third-order valence-electron chi connectivity index (χ3n) is 3.69. The van der Waals surface area contributed by atoms with Crippen LogP contribution in [0.1, 0.15) is 43.2 Å². The first-order valence-electron chi connectivity index (χ1n) is 6.83. The second-order valence-corrected chi connectivity index (χ2v) is 5.23. The Kier molecular flexibility index (Phi) is 4.43. The molecule has 1 fully saturated rings. The molecule has 1 aliphatic rings. The van der Waals surface area contributed by atoms with Crippen molar-refractivity contribution in [3.05, 3.63) is 29.3 Å². The number of rotatable bonds is 2. The van der Waals surface area contributed by atoms with Gasteiger partial charge in [-0.2, -0.15) is 0 Å². The summed E-state index contributed by atoms with van der Waals surface area (Å²) in [6, 6.07) is 6.43. The van der Waals surface area contributed by atoms with Crippen molar-refractivity contribution in [1.82, 2.24) is 4.90 Å². The number of nitrogen functional groups attached to an aromatic ring is 1. The van der Waals surface area contributed by atoms with Gasteiger partial charge in [0.1, 0.15) is 0 Å². The average molecular weight is 232 g/mol. The molecule has 0 unspecified atom stereocenters. The van der Waals surface area contributed by atoms with E-state index in [1.807, 2.05) is 6.07 Å². The van der Waals surface area contributed by atoms with Crippen LogP contribution in [-0.4, -0.2) is 18.0 Å². The zero-order valence-electron chi connectivity index (χ0n) is 10.9. The van der Waals surface area contributed by atoms with Gasteiger partial charge < -0.3 is 5.73 Å². The van der Waals surface area contributed by atoms with Gasteiger partial charge in [0.2, 0.25) is 0 Å². The molecule has 2 nitrogen and oxygen atoms in total. The molecule has 0 amide bonds. The highest BCUT2D eigenvalue weighted by atomic mass is 15.1. The number of hydrogen-bond acceptors (Lipinski definition) is 2. The third-order valence-corrected chi connectivity index (χ3v) is 3.69. The maximum absolute atomic E-state index is 5.85. The van der Waals surface area contributed by atoms with Gasteiger partial charge in [-0.1, -0.05) is 31.4 Å². The van der Waals surface area contributed by atoms with Crippen LogP contribution in [0.15, 0.2) is 18.2 Å². The minimum Gasteiger partial charge on any atom is -0.399 e. The van der Waals surface area contributed by atoms with Gasteiger partial charge in [0.05, 0.1) is 0 Å². The van der Waals surface area contributed by atoms with Crippen LogP contribution in [0, 0.1) is 6.92 Å². The second kappa shape index (κ2) is 6.06. The number of aryl methyl sites for hydroxylation is 1. The standard InChI is InChI=1S/C15H24N2/c1-13-11-14(7-8-15(13)16)12-17-9-5-3-2-4-6-10-17/h7-8,11H,2-6,9-10,12,16H2,1H3. The van der Waals surface area contributed by atoms with Gasteiger partial charge in [-0.3, -0.25) is 4.90 Å². The van der Waals surface area contributed by atoms with Crippen molar-refractivity contribution < 1.29 is 0 Å². The van der Waals surface area contributed by atoms with Crippen molar-refractivity contribution in [2.24, 2.45) is 0 Å². The summed E-state index contributed by atoms with van der Waals surface area (Å²) in [5.74, 6) is 0. The number of nitrogens with two attached hydrogens (primary N) is 1. The maximum Gasteiger partial charge on any atom is 0.0343 e. The van der Waals surface area contributed by atoms with E-state index < -0.39 is 0 Å². The molecule has 1 heterocycles. The summed E-state index contributed by atoms with van der Waals surface area (Å²) in [5, 5.41) is 0. The van der Waals surface area contributed by atoms with Crippen LogP contribution >= 0.6 is 0 Å². The monoisotopic (exact) mass is 232 g/mol. The van der Waals surface area contributed by atoms with E-state index >= 15 is 0 Å². The van der Waals surface area contributed by atoms with E-state index in [0.717, 1.165) is 12.2 Å². The first-order chi connectivity index (χ1) is 8.25. The molecule has 17 heavy (non-hydrogen) atoms. The number of anilines is 1. The molecule has 1 aromatic carbocycles. The maximum atomic E-state index is 5.85. The molecule has 0 radical (unpaired) electrons. The molecular formula is C15H24N2. The summed E-state index contributed by atoms with van der Waals surface area (Å²) in [5.41, 5.74) is 9.36. The third kappa shape index (κ3) is 3.74. The van der Waals surface area contributed by atoms with E-state index in [0.29, 0.717) is 0 Å². The quantitative estimate of drug-likeness (QED) is 0.792. The Balaban J connectivity index is 1.95. The largest absolute Gasteiger partial charge is 0.399 e. The van der Waals surface area contributed by atoms with E-state index in [-0.39, 0.29) is 0 Å². The Labute approximate surface area is 105 Å². The molecule has 2 heteroatoms. The van der Waals surface area contributed by atoms with Gasteiger partial charge in [0, 0.05) is 12.2 Å². The molecule has 1 saturated heterocycles. The van der Waals surface area contributed by atoms with Crippen molar-refractivity contribution in [1.29, 1.82) is 0 Å². The van der Waals surface area contributed by atoms with Gasteiger partial charge >= 0.3 is 0 Å². The lowest BCUT2D eigenvalue weighted by molar-refractivity contribution is 0.240. The zero-order chi connectivity index (χ0) is 12.1. The molecule has 1 aromatic rings. The number of hydrogen-bond donors (Lipinski definition) is 1. The molecule has 0 aliphatic carbocycles. The highest BCUT2D eigenvalue weighted by Gasteiger charge is 2.08. The van der Waals surface area contributed by atoms with Crippen LogP contribution in [0.5, 0.6) is 0 Å². The van der Waals surface area contributed by atoms with Crippen molar-refractivity contribution in [3.63, 3.8) is 0 Å². The normalized spacial score (nSPS) is 18.6. The number of likely N-dealkylation sites (tertiary alicyclic amines) is 1. The molecule has 1 aliphatic heterocycles. The van der Waals surface area contributed by atoms with E-state index in [1.54, 1.807) is 0 Å². The summed E-state index contributed by atoms with van der Waals surface area (Å²) >= 11 is 0. The molecule has 0 atom stereocenters. The lowest BCUT2D eigenvalue weighted by atomic mass is 10.1. The molecule has 0 saturated carbocycles. The molecule has 2 rings (SSSR count). The van der Waals surface area contributed by atoms with Gasteiger partial charge in [0.15, 0.2) is 0 Å². The fourth-order valence-corrected chi connectivity index (χ4v) is 2.57. The van der Waals surface area contributed by atoms with Crippen molar-refractivity contribution >= 4 is 5.69 Å². The van der Waals surface area contributed by atoms with Crippen LogP contribution in [0.2, 0.25) is 0 Å². The predicted molar refractivity (Wildman–Crippen MR) is 74.0 cm³/mol. The van der Waals surface area contributed by atoms with Gasteiger partial charge in [-0.05, 0) is 50.0 Å². The Morgan fingerprint density at radius 3 is 2.35 bits per heavy atom. The van der Waals surface area contributed by atoms with Crippen LogP contribution < -0.4 is 5.73 Å². The Hall–Kier alpha value is -1.02. The summed E-state index contributed by atoms with van der Waals surface area (Å²) in [6.07, 6.45) is 6.94. The van der Waals surface area contributed by atoms with E-state index in [2.05, 4.69) is 24.0 Å². The zero-order valence-corrected chi connectivity index (χ0v) is 10.9. The van der Waals surface area contributed by atoms with Crippen molar-refractivity contribution in [2.75, 3.05) is 18.8 Å². The van der Waals surface area contributed by atoms with Crippen LogP contribution in [0.4, 0.5) is 5.69 Å². The second-order valence-electron chi connectivity index (χ2n) is 5.23. The van der Waals surface area contributed by atoms with E-state index in [9.17, 15) is 0 Å². The molecule has 0 aromatic heterocycles. The van der Waals surface area contributed by atoms with Gasteiger partial charge in [-0.15, -0.1) is 0 Å².